The van der Waals surface area contributed by atoms with Gasteiger partial charge in [-0.1, -0.05) is 0 Å². The van der Waals surface area contributed by atoms with Gasteiger partial charge < -0.3 is 0 Å². The van der Waals surface area contributed by atoms with E-state index in [9.17, 15) is 0 Å². The van der Waals surface area contributed by atoms with Gasteiger partial charge in [0.1, 0.15) is 13.7 Å². The Labute approximate surface area is 139 Å². The van der Waals surface area contributed by atoms with Gasteiger partial charge in [-0.25, -0.2) is 9.67 Å². The molecule has 0 fully saturated rings. The van der Waals surface area contributed by atoms with Crippen LogP contribution >= 0.6 is 56.8 Å². The van der Waals surface area contributed by atoms with Crippen LogP contribution in [0.25, 0.3) is 11.9 Å². The first-order chi connectivity index (χ1) is 9.15. The number of hydrogen-bond acceptors (Lipinski definition) is 5. The van der Waals surface area contributed by atoms with Crippen LogP contribution in [0.1, 0.15) is 0 Å². The second-order valence-electron chi connectivity index (χ2n) is 3.35. The molecule has 7 nitrogen and oxygen atoms in total. The molecule has 3 aromatic heterocycles. The van der Waals surface area contributed by atoms with Crippen molar-refractivity contribution >= 4 is 56.8 Å². The van der Waals surface area contributed by atoms with Gasteiger partial charge in [0, 0.05) is 12.4 Å². The molecule has 0 aromatic carbocycles. The molecule has 0 saturated heterocycles. The van der Waals surface area contributed by atoms with Crippen LogP contribution in [-0.4, -0.2) is 34.3 Å². The molecule has 0 aliphatic rings. The Morgan fingerprint density at radius 1 is 1.11 bits per heavy atom. The van der Waals surface area contributed by atoms with Gasteiger partial charge in [0.15, 0.2) is 0 Å². The Bertz CT molecular complexity index is 724. The van der Waals surface area contributed by atoms with Crippen molar-refractivity contribution in [1.82, 2.24) is 34.3 Å². The summed E-state index contributed by atoms with van der Waals surface area (Å²) in [6, 6.07) is 1.78. The summed E-state index contributed by atoms with van der Waals surface area (Å²) >= 11 is 10.2. The van der Waals surface area contributed by atoms with Crippen LogP contribution in [0.3, 0.4) is 0 Å². The largest absolute Gasteiger partial charge is 0.261 e. The summed E-state index contributed by atoms with van der Waals surface area (Å²) in [6.07, 6.45) is 5.02. The lowest BCUT2D eigenvalue weighted by Gasteiger charge is -2.05. The van der Waals surface area contributed by atoms with Gasteiger partial charge in [-0.2, -0.15) is 20.1 Å². The molecule has 0 amide bonds. The van der Waals surface area contributed by atoms with Crippen LogP contribution in [0.2, 0.25) is 5.28 Å². The SMILES string of the molecule is Clc1nc(-n2cccn2)nc(-n2cnc(I)c2I)n1. The molecule has 0 atom stereocenters. The summed E-state index contributed by atoms with van der Waals surface area (Å²) in [4.78, 5) is 16.7. The lowest BCUT2D eigenvalue weighted by Crippen LogP contribution is -2.09. The van der Waals surface area contributed by atoms with E-state index < -0.39 is 0 Å². The highest BCUT2D eigenvalue weighted by molar-refractivity contribution is 14.1. The third kappa shape index (κ3) is 2.58. The highest BCUT2D eigenvalue weighted by Gasteiger charge is 2.13. The zero-order valence-electron chi connectivity index (χ0n) is 9.07. The maximum absolute atomic E-state index is 5.93. The maximum atomic E-state index is 5.93. The molecule has 0 radical (unpaired) electrons. The molecule has 3 aromatic rings. The summed E-state index contributed by atoms with van der Waals surface area (Å²) in [7, 11) is 0. The molecule has 0 unspecified atom stereocenters. The van der Waals surface area contributed by atoms with Crippen LogP contribution in [0, 0.1) is 7.40 Å². The van der Waals surface area contributed by atoms with E-state index in [0.717, 1.165) is 7.40 Å². The topological polar surface area (TPSA) is 74.3 Å². The number of hydrogen-bond donors (Lipinski definition) is 0. The molecular weight excluding hydrogens is 495 g/mol. The van der Waals surface area contributed by atoms with Crippen molar-refractivity contribution in [1.29, 1.82) is 0 Å². The van der Waals surface area contributed by atoms with Crippen molar-refractivity contribution in [3.8, 4) is 11.9 Å². The van der Waals surface area contributed by atoms with Crippen molar-refractivity contribution in [3.05, 3.63) is 37.5 Å². The van der Waals surface area contributed by atoms with Crippen molar-refractivity contribution in [2.24, 2.45) is 0 Å². The number of rotatable bonds is 2. The lowest BCUT2D eigenvalue weighted by atomic mass is 10.7. The molecule has 3 heterocycles. The predicted molar refractivity (Wildman–Crippen MR) is 84.5 cm³/mol. The Morgan fingerprint density at radius 2 is 1.89 bits per heavy atom. The predicted octanol–water partition coefficient (Wildman–Crippen LogP) is 2.11. The van der Waals surface area contributed by atoms with Crippen molar-refractivity contribution in [3.63, 3.8) is 0 Å². The fraction of sp³-hybridized carbons (Fsp3) is 0. The maximum Gasteiger partial charge on any atom is 0.256 e. The number of halogens is 3. The van der Waals surface area contributed by atoms with Crippen LogP contribution in [0.15, 0.2) is 24.8 Å². The van der Waals surface area contributed by atoms with Crippen LogP contribution in [-0.2, 0) is 0 Å². The summed E-state index contributed by atoms with van der Waals surface area (Å²) in [5.41, 5.74) is 0. The zero-order valence-corrected chi connectivity index (χ0v) is 14.1. The number of aromatic nitrogens is 7. The van der Waals surface area contributed by atoms with E-state index in [4.69, 9.17) is 11.6 Å². The van der Waals surface area contributed by atoms with E-state index in [0.29, 0.717) is 11.9 Å². The van der Waals surface area contributed by atoms with Crippen molar-refractivity contribution < 1.29 is 0 Å². The summed E-state index contributed by atoms with van der Waals surface area (Å²) in [6.45, 7) is 0. The van der Waals surface area contributed by atoms with Gasteiger partial charge in [-0.05, 0) is 62.8 Å². The summed E-state index contributed by atoms with van der Waals surface area (Å²) < 4.78 is 5.04. The molecular formula is C9H4ClI2N7. The van der Waals surface area contributed by atoms with Crippen LogP contribution < -0.4 is 0 Å². The molecule has 10 heteroatoms. The van der Waals surface area contributed by atoms with Gasteiger partial charge in [-0.3, -0.25) is 4.57 Å². The highest BCUT2D eigenvalue weighted by atomic mass is 127. The van der Waals surface area contributed by atoms with Crippen LogP contribution in [0.5, 0.6) is 0 Å². The number of nitrogens with zero attached hydrogens (tertiary/aromatic N) is 7. The smallest absolute Gasteiger partial charge is 0.256 e. The normalized spacial score (nSPS) is 10.9. The Kier molecular flexibility index (Phi) is 3.66. The zero-order chi connectivity index (χ0) is 13.4. The molecule has 0 saturated carbocycles. The first-order valence-corrected chi connectivity index (χ1v) is 7.49. The van der Waals surface area contributed by atoms with Gasteiger partial charge in [-0.15, -0.1) is 0 Å². The lowest BCUT2D eigenvalue weighted by molar-refractivity contribution is 0.770. The third-order valence-corrected chi connectivity index (χ3v) is 5.20. The van der Waals surface area contributed by atoms with Gasteiger partial charge in [0.05, 0.1) is 0 Å². The van der Waals surface area contributed by atoms with E-state index in [-0.39, 0.29) is 5.28 Å². The molecule has 19 heavy (non-hydrogen) atoms. The standard InChI is InChI=1S/C9H4ClI2N7/c10-7-15-8(18-4-13-5(11)6(18)12)17-9(16-7)19-3-1-2-14-19/h1-4H. The second-order valence-corrected chi connectivity index (χ2v) is 5.73. The Balaban J connectivity index is 2.15. The fourth-order valence-corrected chi connectivity index (χ4v) is 2.39. The molecule has 0 aliphatic carbocycles. The molecule has 0 bridgehead atoms. The third-order valence-electron chi connectivity index (χ3n) is 2.18. The van der Waals surface area contributed by atoms with Crippen LogP contribution in [0.4, 0.5) is 0 Å². The van der Waals surface area contributed by atoms with Gasteiger partial charge >= 0.3 is 0 Å². The van der Waals surface area contributed by atoms with Gasteiger partial charge in [0.25, 0.3) is 5.95 Å². The molecule has 0 aliphatic heterocycles. The summed E-state index contributed by atoms with van der Waals surface area (Å²) in [5, 5.41) is 4.17. The molecule has 0 N–H and O–H groups in total. The minimum atomic E-state index is 0.106. The highest BCUT2D eigenvalue weighted by Crippen LogP contribution is 2.17. The first-order valence-electron chi connectivity index (χ1n) is 4.95. The molecule has 0 spiro atoms. The van der Waals surface area contributed by atoms with E-state index in [1.165, 1.54) is 4.68 Å². The summed E-state index contributed by atoms with van der Waals surface area (Å²) in [5.74, 6) is 0.768. The first kappa shape index (κ1) is 13.2. The van der Waals surface area contributed by atoms with Crippen molar-refractivity contribution in [2.45, 2.75) is 0 Å². The second kappa shape index (κ2) is 5.28. The van der Waals surface area contributed by atoms with E-state index in [2.05, 4.69) is 70.2 Å². The van der Waals surface area contributed by atoms with E-state index >= 15 is 0 Å². The minimum Gasteiger partial charge on any atom is -0.261 e. The van der Waals surface area contributed by atoms with Gasteiger partial charge in [0.2, 0.25) is 11.2 Å². The van der Waals surface area contributed by atoms with E-state index in [1.54, 1.807) is 29.4 Å². The molecule has 3 rings (SSSR count). The number of imidazole rings is 1. The van der Waals surface area contributed by atoms with E-state index in [1.807, 2.05) is 0 Å². The Hall–Kier alpha value is -0.820. The average Bonchev–Trinajstić information content (AvgIpc) is 3.01. The quantitative estimate of drug-likeness (QED) is 0.505. The van der Waals surface area contributed by atoms with Crippen molar-refractivity contribution in [2.75, 3.05) is 0 Å². The average molecular weight is 499 g/mol. The molecule has 96 valence electrons. The minimum absolute atomic E-state index is 0.106. The monoisotopic (exact) mass is 499 g/mol. The fourth-order valence-electron chi connectivity index (χ4n) is 1.38. The Morgan fingerprint density at radius 3 is 2.53 bits per heavy atom.